The van der Waals surface area contributed by atoms with Gasteiger partial charge >= 0.3 is 0 Å². The fourth-order valence-corrected chi connectivity index (χ4v) is 2.37. The third-order valence-corrected chi connectivity index (χ3v) is 3.56. The van der Waals surface area contributed by atoms with E-state index in [9.17, 15) is 5.11 Å². The molecule has 0 spiro atoms. The van der Waals surface area contributed by atoms with E-state index in [0.29, 0.717) is 6.61 Å². The minimum Gasteiger partial charge on any atom is -0.489 e. The van der Waals surface area contributed by atoms with Gasteiger partial charge in [0.15, 0.2) is 0 Å². The van der Waals surface area contributed by atoms with Crippen molar-refractivity contribution in [3.8, 4) is 5.75 Å². The first-order valence-electron chi connectivity index (χ1n) is 6.78. The van der Waals surface area contributed by atoms with Crippen molar-refractivity contribution in [3.05, 3.63) is 64.1 Å². The Hall–Kier alpha value is -1.32. The van der Waals surface area contributed by atoms with Gasteiger partial charge in [-0.2, -0.15) is 0 Å². The average molecular weight is 335 g/mol. The summed E-state index contributed by atoms with van der Waals surface area (Å²) in [6.07, 6.45) is 1.43. The van der Waals surface area contributed by atoms with E-state index in [-0.39, 0.29) is 6.10 Å². The maximum Gasteiger partial charge on any atom is 0.119 e. The van der Waals surface area contributed by atoms with Crippen molar-refractivity contribution in [2.45, 2.75) is 32.5 Å². The molecule has 2 aromatic rings. The largest absolute Gasteiger partial charge is 0.489 e. The van der Waals surface area contributed by atoms with Crippen molar-refractivity contribution in [3.63, 3.8) is 0 Å². The van der Waals surface area contributed by atoms with Gasteiger partial charge < -0.3 is 9.84 Å². The van der Waals surface area contributed by atoms with E-state index in [1.807, 2.05) is 37.3 Å². The predicted octanol–water partition coefficient (Wildman–Crippen LogP) is 4.34. The lowest BCUT2D eigenvalue weighted by atomic mass is 10.1. The second-order valence-electron chi connectivity index (χ2n) is 4.95. The summed E-state index contributed by atoms with van der Waals surface area (Å²) in [5.41, 5.74) is 2.36. The second-order valence-corrected chi connectivity index (χ2v) is 5.87. The van der Waals surface area contributed by atoms with Crippen LogP contribution in [0.3, 0.4) is 0 Å². The lowest BCUT2D eigenvalue weighted by Crippen LogP contribution is -2.01. The van der Waals surface area contributed by atoms with Crippen LogP contribution in [0.4, 0.5) is 0 Å². The third kappa shape index (κ3) is 4.99. The van der Waals surface area contributed by atoms with Crippen molar-refractivity contribution in [2.75, 3.05) is 0 Å². The van der Waals surface area contributed by atoms with E-state index in [4.69, 9.17) is 4.74 Å². The van der Waals surface area contributed by atoms with Crippen LogP contribution in [0.15, 0.2) is 53.0 Å². The summed E-state index contributed by atoms with van der Waals surface area (Å²) < 4.78 is 6.82. The Labute approximate surface area is 128 Å². The van der Waals surface area contributed by atoms with Crippen LogP contribution in [0.1, 0.15) is 24.5 Å². The summed E-state index contributed by atoms with van der Waals surface area (Å²) in [5.74, 6) is 0.866. The van der Waals surface area contributed by atoms with Crippen molar-refractivity contribution in [2.24, 2.45) is 0 Å². The summed E-state index contributed by atoms with van der Waals surface area (Å²) >= 11 is 3.45. The van der Waals surface area contributed by atoms with Gasteiger partial charge in [0.05, 0.1) is 6.10 Å². The number of benzene rings is 2. The molecule has 0 amide bonds. The number of hydrogen-bond donors (Lipinski definition) is 1. The summed E-state index contributed by atoms with van der Waals surface area (Å²) in [6.45, 7) is 2.38. The van der Waals surface area contributed by atoms with Crippen LogP contribution >= 0.6 is 15.9 Å². The molecule has 0 saturated heterocycles. The maximum absolute atomic E-state index is 9.27. The van der Waals surface area contributed by atoms with E-state index in [2.05, 4.69) is 34.1 Å². The average Bonchev–Trinajstić information content (AvgIpc) is 2.44. The van der Waals surface area contributed by atoms with Gasteiger partial charge in [-0.15, -0.1) is 0 Å². The van der Waals surface area contributed by atoms with Crippen molar-refractivity contribution >= 4 is 15.9 Å². The molecule has 1 unspecified atom stereocenters. The molecule has 0 saturated carbocycles. The zero-order valence-electron chi connectivity index (χ0n) is 11.6. The molecule has 2 rings (SSSR count). The van der Waals surface area contributed by atoms with Crippen LogP contribution < -0.4 is 4.74 Å². The molecule has 0 fully saturated rings. The highest BCUT2D eigenvalue weighted by Gasteiger charge is 2.00. The third-order valence-electron chi connectivity index (χ3n) is 3.07. The van der Waals surface area contributed by atoms with Gasteiger partial charge in [0.25, 0.3) is 0 Å². The van der Waals surface area contributed by atoms with Gasteiger partial charge in [0.1, 0.15) is 12.4 Å². The van der Waals surface area contributed by atoms with Gasteiger partial charge in [0, 0.05) is 4.47 Å². The Morgan fingerprint density at radius 2 is 1.85 bits per heavy atom. The Kier molecular flexibility index (Phi) is 5.62. The topological polar surface area (TPSA) is 29.5 Å². The molecular formula is C17H19BrO2. The summed E-state index contributed by atoms with van der Waals surface area (Å²) in [7, 11) is 0. The first-order valence-corrected chi connectivity index (χ1v) is 7.57. The summed E-state index contributed by atoms with van der Waals surface area (Å²) in [5, 5.41) is 9.27. The normalized spacial score (nSPS) is 12.2. The molecule has 3 heteroatoms. The number of ether oxygens (including phenoxy) is 1. The molecular weight excluding hydrogens is 316 g/mol. The number of halogens is 1. The van der Waals surface area contributed by atoms with Crippen LogP contribution in [0.25, 0.3) is 0 Å². The Bertz CT molecular complexity index is 535. The first kappa shape index (κ1) is 15.1. The molecule has 2 aromatic carbocycles. The van der Waals surface area contributed by atoms with Crippen LogP contribution in [0, 0.1) is 0 Å². The van der Waals surface area contributed by atoms with Gasteiger partial charge in [-0.25, -0.2) is 0 Å². The fourth-order valence-electron chi connectivity index (χ4n) is 1.92. The zero-order valence-corrected chi connectivity index (χ0v) is 13.1. The highest BCUT2D eigenvalue weighted by atomic mass is 79.9. The number of aliphatic hydroxyl groups is 1. The van der Waals surface area contributed by atoms with Gasteiger partial charge in [-0.3, -0.25) is 0 Å². The lowest BCUT2D eigenvalue weighted by molar-refractivity contribution is 0.185. The van der Waals surface area contributed by atoms with Crippen LogP contribution in [-0.2, 0) is 13.0 Å². The fraction of sp³-hybridized carbons (Fsp3) is 0.294. The van der Waals surface area contributed by atoms with E-state index < -0.39 is 0 Å². The molecule has 20 heavy (non-hydrogen) atoms. The lowest BCUT2D eigenvalue weighted by Gasteiger charge is -2.08. The van der Waals surface area contributed by atoms with Crippen LogP contribution in [0.5, 0.6) is 5.75 Å². The molecule has 0 bridgehead atoms. The second kappa shape index (κ2) is 7.46. The highest BCUT2D eigenvalue weighted by molar-refractivity contribution is 9.10. The number of aryl methyl sites for hydroxylation is 1. The van der Waals surface area contributed by atoms with Gasteiger partial charge in [-0.1, -0.05) is 40.2 Å². The van der Waals surface area contributed by atoms with Gasteiger partial charge in [-0.05, 0) is 55.2 Å². The highest BCUT2D eigenvalue weighted by Crippen LogP contribution is 2.17. The predicted molar refractivity (Wildman–Crippen MR) is 84.9 cm³/mol. The number of aliphatic hydroxyl groups excluding tert-OH is 1. The minimum atomic E-state index is -0.248. The van der Waals surface area contributed by atoms with Crippen molar-refractivity contribution < 1.29 is 9.84 Å². The molecule has 0 aliphatic rings. The molecule has 2 nitrogen and oxygen atoms in total. The SMILES string of the molecule is CC(O)CCc1ccc(OCc2cccc(Br)c2)cc1. The van der Waals surface area contributed by atoms with Gasteiger partial charge in [0.2, 0.25) is 0 Å². The maximum atomic E-state index is 9.27. The molecule has 0 aromatic heterocycles. The number of hydrogen-bond acceptors (Lipinski definition) is 2. The standard InChI is InChI=1S/C17H19BrO2/c1-13(19)5-6-14-7-9-17(10-8-14)20-12-15-3-2-4-16(18)11-15/h2-4,7-11,13,19H,5-6,12H2,1H3. The van der Waals surface area contributed by atoms with Crippen LogP contribution in [-0.4, -0.2) is 11.2 Å². The molecule has 106 valence electrons. The monoisotopic (exact) mass is 334 g/mol. The molecule has 0 aliphatic carbocycles. The zero-order chi connectivity index (χ0) is 14.4. The molecule has 1 atom stereocenters. The van der Waals surface area contributed by atoms with E-state index in [0.717, 1.165) is 28.6 Å². The molecule has 0 heterocycles. The van der Waals surface area contributed by atoms with E-state index in [1.165, 1.54) is 5.56 Å². The van der Waals surface area contributed by atoms with Crippen LogP contribution in [0.2, 0.25) is 0 Å². The summed E-state index contributed by atoms with van der Waals surface area (Å²) in [4.78, 5) is 0. The van der Waals surface area contributed by atoms with Crippen molar-refractivity contribution in [1.29, 1.82) is 0 Å². The molecule has 0 radical (unpaired) electrons. The van der Waals surface area contributed by atoms with Crippen molar-refractivity contribution in [1.82, 2.24) is 0 Å². The molecule has 0 aliphatic heterocycles. The summed E-state index contributed by atoms with van der Waals surface area (Å²) in [6, 6.07) is 16.2. The quantitative estimate of drug-likeness (QED) is 0.851. The van der Waals surface area contributed by atoms with E-state index in [1.54, 1.807) is 0 Å². The smallest absolute Gasteiger partial charge is 0.119 e. The number of rotatable bonds is 6. The first-order chi connectivity index (χ1) is 9.63. The molecule has 1 N–H and O–H groups in total. The van der Waals surface area contributed by atoms with E-state index >= 15 is 0 Å². The Balaban J connectivity index is 1.87. The minimum absolute atomic E-state index is 0.248. The Morgan fingerprint density at radius 1 is 1.10 bits per heavy atom. The Morgan fingerprint density at radius 3 is 2.50 bits per heavy atom.